The molecule has 1 N–H and O–H groups in total. The summed E-state index contributed by atoms with van der Waals surface area (Å²) in [4.78, 5) is 12.3. The van der Waals surface area contributed by atoms with E-state index in [9.17, 15) is 14.3 Å². The maximum Gasteiger partial charge on any atom is 0.173 e. The zero-order chi connectivity index (χ0) is 15.7. The summed E-state index contributed by atoms with van der Waals surface area (Å²) >= 11 is 0. The summed E-state index contributed by atoms with van der Waals surface area (Å²) in [5.74, 6) is 1.11. The highest BCUT2D eigenvalue weighted by atomic mass is 19.1. The molecule has 0 saturated heterocycles. The summed E-state index contributed by atoms with van der Waals surface area (Å²) in [5, 5.41) is 9.98. The number of hydrogen-bond acceptors (Lipinski definition) is 2. The Kier molecular flexibility index (Phi) is 3.15. The Balaban J connectivity index is 1.70. The number of hydrogen-bond donors (Lipinski definition) is 1. The molecule has 4 aliphatic rings. The predicted octanol–water partition coefficient (Wildman–Crippen LogP) is 3.83. The van der Waals surface area contributed by atoms with Crippen molar-refractivity contribution in [3.05, 3.63) is 11.6 Å². The molecule has 0 aromatic heterocycles. The van der Waals surface area contributed by atoms with Gasteiger partial charge in [0.1, 0.15) is 0 Å². The van der Waals surface area contributed by atoms with Gasteiger partial charge in [-0.25, -0.2) is 4.39 Å². The third-order valence-corrected chi connectivity index (χ3v) is 7.78. The highest BCUT2D eigenvalue weighted by Crippen LogP contribution is 2.64. The molecule has 0 aromatic carbocycles. The van der Waals surface area contributed by atoms with E-state index in [1.807, 2.05) is 6.92 Å². The van der Waals surface area contributed by atoms with Gasteiger partial charge in [0.2, 0.25) is 0 Å². The normalized spacial score (nSPS) is 54.3. The zero-order valence-corrected chi connectivity index (χ0v) is 13.6. The smallest absolute Gasteiger partial charge is 0.173 e. The van der Waals surface area contributed by atoms with Gasteiger partial charge in [0.05, 0.1) is 6.10 Å². The lowest BCUT2D eigenvalue weighted by Gasteiger charge is -2.56. The molecular weight excluding hydrogens is 279 g/mol. The Morgan fingerprint density at radius 3 is 2.68 bits per heavy atom. The molecule has 122 valence electrons. The van der Waals surface area contributed by atoms with Crippen LogP contribution in [0.2, 0.25) is 0 Å². The van der Waals surface area contributed by atoms with Gasteiger partial charge in [0.25, 0.3) is 0 Å². The van der Waals surface area contributed by atoms with Crippen LogP contribution in [-0.2, 0) is 4.79 Å². The van der Waals surface area contributed by atoms with E-state index >= 15 is 0 Å². The van der Waals surface area contributed by atoms with Gasteiger partial charge >= 0.3 is 0 Å². The summed E-state index contributed by atoms with van der Waals surface area (Å²) < 4.78 is 14.1. The maximum absolute atomic E-state index is 14.1. The minimum Gasteiger partial charge on any atom is -0.393 e. The van der Waals surface area contributed by atoms with Crippen LogP contribution in [0.1, 0.15) is 58.8 Å². The fourth-order valence-electron chi connectivity index (χ4n) is 6.39. The molecule has 2 nitrogen and oxygen atoms in total. The van der Waals surface area contributed by atoms with Gasteiger partial charge in [-0.3, -0.25) is 4.79 Å². The van der Waals surface area contributed by atoms with Crippen molar-refractivity contribution in [2.45, 2.75) is 71.1 Å². The van der Waals surface area contributed by atoms with Crippen LogP contribution in [0.4, 0.5) is 4.39 Å². The van der Waals surface area contributed by atoms with E-state index in [1.165, 1.54) is 5.57 Å². The molecule has 0 aromatic rings. The largest absolute Gasteiger partial charge is 0.393 e. The Bertz CT molecular complexity index is 542. The second-order valence-corrected chi connectivity index (χ2v) is 8.68. The summed E-state index contributed by atoms with van der Waals surface area (Å²) in [7, 11) is 0. The maximum atomic E-state index is 14.1. The van der Waals surface area contributed by atoms with Gasteiger partial charge < -0.3 is 5.11 Å². The summed E-state index contributed by atoms with van der Waals surface area (Å²) in [5.41, 5.74) is 1.18. The number of aliphatic hydroxyl groups is 1. The van der Waals surface area contributed by atoms with Gasteiger partial charge in [-0.15, -0.1) is 0 Å². The number of Topliss-reactive ketones (excluding diaryl/α,β-unsaturated/α-hetero) is 1. The molecule has 3 saturated carbocycles. The Hall–Kier alpha value is -0.700. The minimum atomic E-state index is -1.24. The molecular formula is C19H27FO2. The molecule has 0 radical (unpaired) electrons. The lowest BCUT2D eigenvalue weighted by molar-refractivity contribution is -0.134. The zero-order valence-electron chi connectivity index (χ0n) is 13.6. The average molecular weight is 306 g/mol. The van der Waals surface area contributed by atoms with Crippen LogP contribution in [0.25, 0.3) is 0 Å². The van der Waals surface area contributed by atoms with Crippen LogP contribution >= 0.6 is 0 Å². The number of fused-ring (bicyclic) bond motifs is 5. The van der Waals surface area contributed by atoms with E-state index in [2.05, 4.69) is 13.0 Å². The number of aliphatic hydroxyl groups excluding tert-OH is 1. The lowest BCUT2D eigenvalue weighted by Crippen LogP contribution is -2.50. The van der Waals surface area contributed by atoms with E-state index in [4.69, 9.17) is 0 Å². The van der Waals surface area contributed by atoms with Crippen molar-refractivity contribution in [3.8, 4) is 0 Å². The van der Waals surface area contributed by atoms with Crippen LogP contribution in [-0.4, -0.2) is 23.2 Å². The van der Waals surface area contributed by atoms with E-state index in [0.717, 1.165) is 38.5 Å². The van der Waals surface area contributed by atoms with E-state index in [-0.39, 0.29) is 23.2 Å². The molecule has 7 atom stereocenters. The monoisotopic (exact) mass is 306 g/mol. The van der Waals surface area contributed by atoms with Gasteiger partial charge in [0, 0.05) is 5.41 Å². The third kappa shape index (κ3) is 1.78. The van der Waals surface area contributed by atoms with Gasteiger partial charge in [-0.1, -0.05) is 25.5 Å². The first-order valence-corrected chi connectivity index (χ1v) is 8.92. The molecule has 3 fully saturated rings. The number of halogens is 1. The van der Waals surface area contributed by atoms with E-state index in [1.54, 1.807) is 0 Å². The molecule has 0 heterocycles. The van der Waals surface area contributed by atoms with Crippen LogP contribution in [0.5, 0.6) is 0 Å². The van der Waals surface area contributed by atoms with Crippen molar-refractivity contribution < 1.29 is 14.3 Å². The fraction of sp³-hybridized carbons (Fsp3) is 0.842. The highest BCUT2D eigenvalue weighted by molar-refractivity contribution is 5.91. The summed E-state index contributed by atoms with van der Waals surface area (Å²) in [6.07, 6.45) is 6.94. The SMILES string of the molecule is C[C@]12CC[C@H](O)CC1=CCC1C2CC[C@]2(C)C(=O)[C@H](F)CC12. The van der Waals surface area contributed by atoms with Crippen molar-refractivity contribution in [2.24, 2.45) is 28.6 Å². The fourth-order valence-corrected chi connectivity index (χ4v) is 6.39. The van der Waals surface area contributed by atoms with Crippen LogP contribution in [0.3, 0.4) is 0 Å². The van der Waals surface area contributed by atoms with E-state index < -0.39 is 11.6 Å². The molecule has 22 heavy (non-hydrogen) atoms. The van der Waals surface area contributed by atoms with Crippen LogP contribution in [0, 0.1) is 28.6 Å². The Labute approximate surface area is 132 Å². The van der Waals surface area contributed by atoms with Gasteiger partial charge in [-0.05, 0) is 68.1 Å². The standard InChI is InChI=1S/C19H27FO2/c1-18-7-5-12(21)9-11(18)3-4-13-14(18)6-8-19(2)15(13)10-16(20)17(19)22/h3,12-16,21H,4-10H2,1-2H3/t12-,13?,14?,15?,16+,18-,19-/m0/s1. The topological polar surface area (TPSA) is 37.3 Å². The van der Waals surface area contributed by atoms with Crippen molar-refractivity contribution in [1.82, 2.24) is 0 Å². The van der Waals surface area contributed by atoms with Crippen molar-refractivity contribution >= 4 is 5.78 Å². The first-order chi connectivity index (χ1) is 10.4. The van der Waals surface area contributed by atoms with Crippen LogP contribution in [0.15, 0.2) is 11.6 Å². The molecule has 0 aliphatic heterocycles. The molecule has 4 aliphatic carbocycles. The minimum absolute atomic E-state index is 0.130. The first-order valence-electron chi connectivity index (χ1n) is 8.92. The number of alkyl halides is 1. The summed E-state index contributed by atoms with van der Waals surface area (Å²) in [6.45, 7) is 4.37. The van der Waals surface area contributed by atoms with E-state index in [0.29, 0.717) is 18.3 Å². The van der Waals surface area contributed by atoms with Gasteiger partial charge in [0.15, 0.2) is 12.0 Å². The molecule has 0 bridgehead atoms. The third-order valence-electron chi connectivity index (χ3n) is 7.78. The molecule has 4 rings (SSSR count). The number of rotatable bonds is 0. The predicted molar refractivity (Wildman–Crippen MR) is 83.0 cm³/mol. The number of carbonyl (C=O) groups excluding carboxylic acids is 1. The first kappa shape index (κ1) is 14.9. The molecule has 3 unspecified atom stereocenters. The second kappa shape index (κ2) is 4.66. The molecule has 3 heteroatoms. The number of carbonyl (C=O) groups is 1. The highest BCUT2D eigenvalue weighted by Gasteiger charge is 2.61. The van der Waals surface area contributed by atoms with Crippen molar-refractivity contribution in [3.63, 3.8) is 0 Å². The Morgan fingerprint density at radius 2 is 1.91 bits per heavy atom. The Morgan fingerprint density at radius 1 is 1.18 bits per heavy atom. The quantitative estimate of drug-likeness (QED) is 0.691. The van der Waals surface area contributed by atoms with Gasteiger partial charge in [-0.2, -0.15) is 0 Å². The average Bonchev–Trinajstić information content (AvgIpc) is 2.72. The number of allylic oxidation sites excluding steroid dienone is 1. The van der Waals surface area contributed by atoms with Crippen molar-refractivity contribution in [1.29, 1.82) is 0 Å². The summed E-state index contributed by atoms with van der Waals surface area (Å²) in [6, 6.07) is 0. The number of ketones is 1. The molecule has 0 spiro atoms. The lowest BCUT2D eigenvalue weighted by atomic mass is 9.48. The molecule has 0 amide bonds. The van der Waals surface area contributed by atoms with Crippen molar-refractivity contribution in [2.75, 3.05) is 0 Å². The second-order valence-electron chi connectivity index (χ2n) is 8.68. The van der Waals surface area contributed by atoms with Crippen LogP contribution < -0.4 is 0 Å².